The number of amides is 2. The van der Waals surface area contributed by atoms with Crippen molar-refractivity contribution >= 4 is 34.0 Å². The number of rotatable bonds is 7. The highest BCUT2D eigenvalue weighted by Crippen LogP contribution is 2.35. The van der Waals surface area contributed by atoms with Crippen molar-refractivity contribution in [3.63, 3.8) is 0 Å². The third-order valence-electron chi connectivity index (χ3n) is 6.05. The number of carbonyl (C=O) groups is 2. The van der Waals surface area contributed by atoms with E-state index in [1.54, 1.807) is 12.0 Å². The Bertz CT molecular complexity index is 877. The maximum atomic E-state index is 12.5. The summed E-state index contributed by atoms with van der Waals surface area (Å²) in [7, 11) is 1.62. The normalized spacial score (nSPS) is 19.8. The molecule has 1 aliphatic carbocycles. The van der Waals surface area contributed by atoms with E-state index >= 15 is 0 Å². The first-order chi connectivity index (χ1) is 14.6. The molecule has 0 spiro atoms. The van der Waals surface area contributed by atoms with E-state index in [0.29, 0.717) is 30.4 Å². The molecular weight excluding hydrogens is 400 g/mol. The third kappa shape index (κ3) is 4.98. The van der Waals surface area contributed by atoms with E-state index in [9.17, 15) is 9.59 Å². The fraction of sp³-hybridized carbons (Fsp3) is 0.545. The number of ether oxygens (including phenoxy) is 1. The molecular formula is C22H28N4O3S. The Hall–Kier alpha value is -2.48. The molecule has 1 aliphatic heterocycles. The van der Waals surface area contributed by atoms with Crippen LogP contribution in [0.15, 0.2) is 24.3 Å². The lowest BCUT2D eigenvalue weighted by atomic mass is 9.86. The average Bonchev–Trinajstić information content (AvgIpc) is 3.39. The minimum atomic E-state index is -0.00927. The van der Waals surface area contributed by atoms with Crippen molar-refractivity contribution in [2.75, 3.05) is 23.9 Å². The van der Waals surface area contributed by atoms with Crippen LogP contribution in [0.25, 0.3) is 0 Å². The Balaban J connectivity index is 1.31. The Morgan fingerprint density at radius 3 is 2.70 bits per heavy atom. The summed E-state index contributed by atoms with van der Waals surface area (Å²) in [5, 5.41) is 12.6. The summed E-state index contributed by atoms with van der Waals surface area (Å²) in [5.41, 5.74) is 0.851. The summed E-state index contributed by atoms with van der Waals surface area (Å²) >= 11 is 1.37. The highest BCUT2D eigenvalue weighted by Gasteiger charge is 2.34. The van der Waals surface area contributed by atoms with E-state index in [2.05, 4.69) is 15.5 Å². The Morgan fingerprint density at radius 2 is 1.97 bits per heavy atom. The zero-order chi connectivity index (χ0) is 20.9. The largest absolute Gasteiger partial charge is 0.497 e. The molecule has 0 bridgehead atoms. The molecule has 1 aromatic carbocycles. The molecule has 2 aliphatic rings. The molecule has 7 nitrogen and oxygen atoms in total. The van der Waals surface area contributed by atoms with E-state index < -0.39 is 0 Å². The molecule has 4 rings (SSSR count). The van der Waals surface area contributed by atoms with Crippen molar-refractivity contribution in [2.45, 2.75) is 57.3 Å². The highest BCUT2D eigenvalue weighted by molar-refractivity contribution is 7.15. The van der Waals surface area contributed by atoms with E-state index in [0.717, 1.165) is 22.9 Å². The third-order valence-corrected chi connectivity index (χ3v) is 7.05. The quantitative estimate of drug-likeness (QED) is 0.708. The zero-order valence-corrected chi connectivity index (χ0v) is 18.1. The summed E-state index contributed by atoms with van der Waals surface area (Å²) in [6.07, 6.45) is 8.29. The number of hydrogen-bond donors (Lipinski definition) is 1. The van der Waals surface area contributed by atoms with Gasteiger partial charge in [0.05, 0.1) is 7.11 Å². The van der Waals surface area contributed by atoms with Gasteiger partial charge in [-0.05, 0) is 36.6 Å². The highest BCUT2D eigenvalue weighted by atomic mass is 32.1. The summed E-state index contributed by atoms with van der Waals surface area (Å²) in [6, 6.07) is 7.47. The van der Waals surface area contributed by atoms with Gasteiger partial charge in [0.2, 0.25) is 16.9 Å². The second-order valence-corrected chi connectivity index (χ2v) is 9.15. The zero-order valence-electron chi connectivity index (χ0n) is 17.3. The maximum Gasteiger partial charge on any atom is 0.227 e. The van der Waals surface area contributed by atoms with E-state index in [1.807, 2.05) is 24.3 Å². The van der Waals surface area contributed by atoms with Crippen molar-refractivity contribution in [2.24, 2.45) is 5.92 Å². The lowest BCUT2D eigenvalue weighted by Gasteiger charge is -2.20. The van der Waals surface area contributed by atoms with Crippen molar-refractivity contribution in [3.05, 3.63) is 29.3 Å². The monoisotopic (exact) mass is 428 g/mol. The van der Waals surface area contributed by atoms with Crippen molar-refractivity contribution in [1.29, 1.82) is 0 Å². The summed E-state index contributed by atoms with van der Waals surface area (Å²) < 4.78 is 5.18. The maximum absolute atomic E-state index is 12.5. The van der Waals surface area contributed by atoms with Crippen molar-refractivity contribution in [3.8, 4) is 5.75 Å². The first kappa shape index (κ1) is 20.8. The molecule has 30 heavy (non-hydrogen) atoms. The number of nitrogens with zero attached hydrogens (tertiary/aromatic N) is 3. The van der Waals surface area contributed by atoms with Gasteiger partial charge in [-0.1, -0.05) is 43.4 Å². The fourth-order valence-corrected chi connectivity index (χ4v) is 5.18. The van der Waals surface area contributed by atoms with Crippen LogP contribution in [0.1, 0.15) is 62.3 Å². The number of anilines is 2. The molecule has 2 amide bonds. The van der Waals surface area contributed by atoms with Crippen LogP contribution in [0.5, 0.6) is 5.75 Å². The first-order valence-electron chi connectivity index (χ1n) is 10.7. The first-order valence-corrected chi connectivity index (χ1v) is 11.5. The second kappa shape index (κ2) is 9.55. The predicted molar refractivity (Wildman–Crippen MR) is 117 cm³/mol. The van der Waals surface area contributed by atoms with Gasteiger partial charge < -0.3 is 15.0 Å². The predicted octanol–water partition coefficient (Wildman–Crippen LogP) is 4.37. The molecule has 2 fully saturated rings. The molecule has 0 unspecified atom stereocenters. The van der Waals surface area contributed by atoms with Crippen LogP contribution in [0.3, 0.4) is 0 Å². The van der Waals surface area contributed by atoms with Gasteiger partial charge in [0, 0.05) is 31.0 Å². The minimum Gasteiger partial charge on any atom is -0.497 e. The van der Waals surface area contributed by atoms with Crippen LogP contribution < -0.4 is 15.0 Å². The Kier molecular flexibility index (Phi) is 6.62. The minimum absolute atomic E-state index is 0.00521. The van der Waals surface area contributed by atoms with E-state index in [-0.39, 0.29) is 17.7 Å². The standard InChI is InChI=1S/C22H28N4O3S/c1-29-18-10-8-17(9-11-18)26-14-16(13-20(26)28)21-24-25-22(30-21)23-19(27)12-7-15-5-3-2-4-6-15/h8-11,15-16H,2-7,12-14H2,1H3,(H,23,25,27)/t16-/m0/s1. The summed E-state index contributed by atoms with van der Waals surface area (Å²) in [5.74, 6) is 1.51. The number of methoxy groups -OCH3 is 1. The van der Waals surface area contributed by atoms with Crippen LogP contribution in [0, 0.1) is 5.92 Å². The molecule has 160 valence electrons. The smallest absolute Gasteiger partial charge is 0.227 e. The van der Waals surface area contributed by atoms with Crippen LogP contribution in [0.4, 0.5) is 10.8 Å². The molecule has 0 radical (unpaired) electrons. The number of aromatic nitrogens is 2. The Morgan fingerprint density at radius 1 is 1.20 bits per heavy atom. The molecule has 8 heteroatoms. The summed E-state index contributed by atoms with van der Waals surface area (Å²) in [6.45, 7) is 0.565. The average molecular weight is 429 g/mol. The van der Waals surface area contributed by atoms with Gasteiger partial charge in [-0.25, -0.2) is 0 Å². The van der Waals surface area contributed by atoms with Gasteiger partial charge >= 0.3 is 0 Å². The van der Waals surface area contributed by atoms with Crippen LogP contribution in [-0.2, 0) is 9.59 Å². The second-order valence-electron chi connectivity index (χ2n) is 8.14. The molecule has 1 N–H and O–H groups in total. The van der Waals surface area contributed by atoms with E-state index in [1.165, 1.54) is 43.4 Å². The molecule has 1 atom stereocenters. The van der Waals surface area contributed by atoms with Crippen molar-refractivity contribution < 1.29 is 14.3 Å². The van der Waals surface area contributed by atoms with Gasteiger partial charge in [-0.2, -0.15) is 0 Å². The molecule has 1 aromatic heterocycles. The molecule has 2 aromatic rings. The topological polar surface area (TPSA) is 84.4 Å². The molecule has 1 saturated heterocycles. The number of nitrogens with one attached hydrogen (secondary N) is 1. The van der Waals surface area contributed by atoms with Crippen LogP contribution in [-0.4, -0.2) is 35.7 Å². The van der Waals surface area contributed by atoms with Gasteiger partial charge in [0.1, 0.15) is 10.8 Å². The SMILES string of the molecule is COc1ccc(N2C[C@@H](c3nnc(NC(=O)CCC4CCCCC4)s3)CC2=O)cc1. The Labute approximate surface area is 180 Å². The fourth-order valence-electron chi connectivity index (χ4n) is 4.33. The van der Waals surface area contributed by atoms with Crippen LogP contribution >= 0.6 is 11.3 Å². The number of carbonyl (C=O) groups excluding carboxylic acids is 2. The summed E-state index contributed by atoms with van der Waals surface area (Å²) in [4.78, 5) is 26.6. The molecule has 1 saturated carbocycles. The number of hydrogen-bond acceptors (Lipinski definition) is 6. The number of benzene rings is 1. The lowest BCUT2D eigenvalue weighted by molar-refractivity contribution is -0.117. The van der Waals surface area contributed by atoms with Gasteiger partial charge in [0.15, 0.2) is 0 Å². The van der Waals surface area contributed by atoms with E-state index in [4.69, 9.17) is 4.74 Å². The van der Waals surface area contributed by atoms with Crippen LogP contribution in [0.2, 0.25) is 0 Å². The lowest BCUT2D eigenvalue weighted by Crippen LogP contribution is -2.24. The van der Waals surface area contributed by atoms with Gasteiger partial charge in [-0.3, -0.25) is 9.59 Å². The van der Waals surface area contributed by atoms with Crippen molar-refractivity contribution in [1.82, 2.24) is 10.2 Å². The van der Waals surface area contributed by atoms with Gasteiger partial charge in [0.25, 0.3) is 0 Å². The van der Waals surface area contributed by atoms with Gasteiger partial charge in [-0.15, -0.1) is 10.2 Å². The molecule has 2 heterocycles.